The highest BCUT2D eigenvalue weighted by atomic mass is 32.2. The van der Waals surface area contributed by atoms with Gasteiger partial charge in [-0.3, -0.25) is 0 Å². The van der Waals surface area contributed by atoms with E-state index in [-0.39, 0.29) is 11.3 Å². The molecule has 0 amide bonds. The summed E-state index contributed by atoms with van der Waals surface area (Å²) in [4.78, 5) is 0. The lowest BCUT2D eigenvalue weighted by atomic mass is 10.2. The fraction of sp³-hybridized carbons (Fsp3) is 0.250. The number of aliphatic hydroxyl groups is 1. The summed E-state index contributed by atoms with van der Waals surface area (Å²) in [5.41, 5.74) is 0.0930. The van der Waals surface area contributed by atoms with Gasteiger partial charge in [-0.2, -0.15) is 8.42 Å². The fourth-order valence-electron chi connectivity index (χ4n) is 0.916. The largest absolute Gasteiger partial charge is 0.392 e. The molecule has 4 nitrogen and oxygen atoms in total. The van der Waals surface area contributed by atoms with Crippen molar-refractivity contribution in [2.75, 3.05) is 6.26 Å². The predicted octanol–water partition coefficient (Wildman–Crippen LogP) is 0.656. The van der Waals surface area contributed by atoms with Crippen molar-refractivity contribution in [2.24, 2.45) is 0 Å². The van der Waals surface area contributed by atoms with Crippen molar-refractivity contribution < 1.29 is 22.1 Å². The Morgan fingerprint density at radius 2 is 2.14 bits per heavy atom. The summed E-state index contributed by atoms with van der Waals surface area (Å²) in [5.74, 6) is -0.619. The van der Waals surface area contributed by atoms with E-state index in [9.17, 15) is 12.8 Å². The molecule has 1 N–H and O–H groups in total. The lowest BCUT2D eigenvalue weighted by Gasteiger charge is -2.06. The Morgan fingerprint density at radius 3 is 2.64 bits per heavy atom. The van der Waals surface area contributed by atoms with Gasteiger partial charge in [0, 0.05) is 5.56 Å². The number of halogens is 1. The first-order chi connectivity index (χ1) is 6.42. The van der Waals surface area contributed by atoms with E-state index < -0.39 is 22.5 Å². The third-order valence-corrected chi connectivity index (χ3v) is 1.92. The van der Waals surface area contributed by atoms with Crippen LogP contribution in [0.25, 0.3) is 0 Å². The summed E-state index contributed by atoms with van der Waals surface area (Å²) in [7, 11) is -3.66. The zero-order chi connectivity index (χ0) is 10.8. The third-order valence-electron chi connectivity index (χ3n) is 1.43. The van der Waals surface area contributed by atoms with Crippen LogP contribution in [0.5, 0.6) is 5.75 Å². The van der Waals surface area contributed by atoms with Gasteiger partial charge in [0.15, 0.2) is 0 Å². The number of aliphatic hydroxyl groups excluding tert-OH is 1. The van der Waals surface area contributed by atoms with Crippen LogP contribution in [-0.2, 0) is 16.7 Å². The van der Waals surface area contributed by atoms with Gasteiger partial charge >= 0.3 is 10.1 Å². The Hall–Kier alpha value is -1.14. The van der Waals surface area contributed by atoms with Gasteiger partial charge in [0.05, 0.1) is 12.9 Å². The van der Waals surface area contributed by atoms with Gasteiger partial charge in [0.25, 0.3) is 0 Å². The van der Waals surface area contributed by atoms with Crippen molar-refractivity contribution >= 4 is 10.1 Å². The molecule has 0 spiro atoms. The Kier molecular flexibility index (Phi) is 3.07. The molecule has 0 bridgehead atoms. The second-order valence-corrected chi connectivity index (χ2v) is 4.27. The molecule has 0 saturated carbocycles. The molecule has 0 atom stereocenters. The highest BCUT2D eigenvalue weighted by molar-refractivity contribution is 7.86. The van der Waals surface area contributed by atoms with Crippen molar-refractivity contribution in [3.63, 3.8) is 0 Å². The molecule has 6 heteroatoms. The van der Waals surface area contributed by atoms with E-state index in [1.807, 2.05) is 0 Å². The molecule has 0 saturated heterocycles. The van der Waals surface area contributed by atoms with Crippen molar-refractivity contribution in [1.29, 1.82) is 0 Å². The van der Waals surface area contributed by atoms with Gasteiger partial charge in [-0.1, -0.05) is 0 Å². The Morgan fingerprint density at radius 1 is 1.50 bits per heavy atom. The van der Waals surface area contributed by atoms with Crippen molar-refractivity contribution in [2.45, 2.75) is 6.61 Å². The summed E-state index contributed by atoms with van der Waals surface area (Å²) < 4.78 is 38.7. The van der Waals surface area contributed by atoms with E-state index in [1.54, 1.807) is 0 Å². The van der Waals surface area contributed by atoms with Crippen LogP contribution in [-0.4, -0.2) is 19.8 Å². The first-order valence-corrected chi connectivity index (χ1v) is 5.53. The molecule has 0 heterocycles. The van der Waals surface area contributed by atoms with Crippen LogP contribution in [0.1, 0.15) is 5.56 Å². The van der Waals surface area contributed by atoms with Crippen LogP contribution in [0.3, 0.4) is 0 Å². The zero-order valence-corrected chi connectivity index (χ0v) is 8.21. The molecule has 0 fully saturated rings. The van der Waals surface area contributed by atoms with Crippen LogP contribution >= 0.6 is 0 Å². The highest BCUT2D eigenvalue weighted by Gasteiger charge is 2.09. The number of rotatable bonds is 3. The Balaban J connectivity index is 3.09. The summed E-state index contributed by atoms with van der Waals surface area (Å²) in [6.07, 6.45) is 0.873. The van der Waals surface area contributed by atoms with Crippen LogP contribution in [0.2, 0.25) is 0 Å². The molecule has 0 aliphatic heterocycles. The fourth-order valence-corrected chi connectivity index (χ4v) is 1.40. The third kappa shape index (κ3) is 2.97. The van der Waals surface area contributed by atoms with E-state index >= 15 is 0 Å². The smallest absolute Gasteiger partial charge is 0.306 e. The molecule has 1 aromatic carbocycles. The lowest BCUT2D eigenvalue weighted by Crippen LogP contribution is -2.07. The Labute approximate surface area is 81.1 Å². The van der Waals surface area contributed by atoms with Gasteiger partial charge in [-0.15, -0.1) is 0 Å². The maximum Gasteiger partial charge on any atom is 0.306 e. The van der Waals surface area contributed by atoms with Gasteiger partial charge in [-0.25, -0.2) is 4.39 Å². The summed E-state index contributed by atoms with van der Waals surface area (Å²) in [6.45, 7) is -0.484. The average Bonchev–Trinajstić information content (AvgIpc) is 2.06. The summed E-state index contributed by atoms with van der Waals surface area (Å²) >= 11 is 0. The molecule has 0 radical (unpaired) electrons. The molecule has 0 aliphatic carbocycles. The standard InChI is InChI=1S/C8H9FO4S/c1-14(11,12)13-8-3-2-7(9)4-6(8)5-10/h2-4,10H,5H2,1H3. The van der Waals surface area contributed by atoms with E-state index in [2.05, 4.69) is 4.18 Å². The lowest BCUT2D eigenvalue weighted by molar-refractivity contribution is 0.277. The molecular weight excluding hydrogens is 211 g/mol. The predicted molar refractivity (Wildman–Crippen MR) is 47.8 cm³/mol. The van der Waals surface area contributed by atoms with E-state index in [4.69, 9.17) is 5.11 Å². The van der Waals surface area contributed by atoms with Crippen LogP contribution in [0, 0.1) is 5.82 Å². The minimum atomic E-state index is -3.66. The maximum absolute atomic E-state index is 12.7. The first-order valence-electron chi connectivity index (χ1n) is 3.71. The van der Waals surface area contributed by atoms with Gasteiger partial charge < -0.3 is 9.29 Å². The zero-order valence-electron chi connectivity index (χ0n) is 7.40. The van der Waals surface area contributed by atoms with E-state index in [0.29, 0.717) is 0 Å². The van der Waals surface area contributed by atoms with Crippen molar-refractivity contribution in [3.8, 4) is 5.75 Å². The van der Waals surface area contributed by atoms with Gasteiger partial charge in [-0.05, 0) is 18.2 Å². The van der Waals surface area contributed by atoms with Crippen LogP contribution in [0.15, 0.2) is 18.2 Å². The van der Waals surface area contributed by atoms with Crippen molar-refractivity contribution in [1.82, 2.24) is 0 Å². The van der Waals surface area contributed by atoms with Crippen LogP contribution in [0.4, 0.5) is 4.39 Å². The molecule has 0 unspecified atom stereocenters. The topological polar surface area (TPSA) is 63.6 Å². The molecule has 78 valence electrons. The molecule has 0 aromatic heterocycles. The monoisotopic (exact) mass is 220 g/mol. The normalized spacial score (nSPS) is 11.4. The Bertz CT molecular complexity index is 427. The van der Waals surface area contributed by atoms with Crippen LogP contribution < -0.4 is 4.18 Å². The minimum absolute atomic E-state index is 0.0589. The molecule has 14 heavy (non-hydrogen) atoms. The highest BCUT2D eigenvalue weighted by Crippen LogP contribution is 2.20. The first kappa shape index (κ1) is 10.9. The quantitative estimate of drug-likeness (QED) is 0.760. The number of hydrogen-bond donors (Lipinski definition) is 1. The number of benzene rings is 1. The van der Waals surface area contributed by atoms with E-state index in [1.165, 1.54) is 0 Å². The van der Waals surface area contributed by atoms with Gasteiger partial charge in [0.2, 0.25) is 0 Å². The molecule has 0 aliphatic rings. The second-order valence-electron chi connectivity index (χ2n) is 2.70. The second kappa shape index (κ2) is 3.93. The summed E-state index contributed by atoms with van der Waals surface area (Å²) in [5, 5.41) is 8.80. The molecule has 1 aromatic rings. The summed E-state index contributed by atoms with van der Waals surface area (Å²) in [6, 6.07) is 3.22. The van der Waals surface area contributed by atoms with E-state index in [0.717, 1.165) is 24.5 Å². The average molecular weight is 220 g/mol. The molecular formula is C8H9FO4S. The SMILES string of the molecule is CS(=O)(=O)Oc1ccc(F)cc1CO. The van der Waals surface area contributed by atoms with Gasteiger partial charge in [0.1, 0.15) is 11.6 Å². The van der Waals surface area contributed by atoms with Crippen molar-refractivity contribution in [3.05, 3.63) is 29.6 Å². The maximum atomic E-state index is 12.7. The molecule has 1 rings (SSSR count). The number of hydrogen-bond acceptors (Lipinski definition) is 4. The minimum Gasteiger partial charge on any atom is -0.392 e.